The first-order valence-electron chi connectivity index (χ1n) is 14.7. The molecular formula is C32H35FN6O3. The van der Waals surface area contributed by atoms with E-state index in [2.05, 4.69) is 15.8 Å². The summed E-state index contributed by atoms with van der Waals surface area (Å²) in [5.74, 6) is 2.95. The summed E-state index contributed by atoms with van der Waals surface area (Å²) in [6.07, 6.45) is 13.5. The van der Waals surface area contributed by atoms with Gasteiger partial charge in [-0.15, -0.1) is 6.42 Å². The quantitative estimate of drug-likeness (QED) is 0.333. The fraction of sp³-hybridized carbons (Fsp3) is 0.469. The van der Waals surface area contributed by atoms with Crippen molar-refractivity contribution in [1.29, 1.82) is 0 Å². The lowest BCUT2D eigenvalue weighted by Gasteiger charge is -2.37. The van der Waals surface area contributed by atoms with Gasteiger partial charge in [0.05, 0.1) is 29.6 Å². The number of aliphatic hydroxyl groups is 1. The third-order valence-corrected chi connectivity index (χ3v) is 9.28. The van der Waals surface area contributed by atoms with Crippen molar-refractivity contribution in [1.82, 2.24) is 24.4 Å². The normalized spacial score (nSPS) is 22.1. The maximum absolute atomic E-state index is 14.7. The van der Waals surface area contributed by atoms with Gasteiger partial charge in [0.15, 0.2) is 11.2 Å². The molecule has 4 aromatic rings. The van der Waals surface area contributed by atoms with Crippen molar-refractivity contribution in [3.63, 3.8) is 0 Å². The average molecular weight is 571 g/mol. The zero-order chi connectivity index (χ0) is 29.1. The summed E-state index contributed by atoms with van der Waals surface area (Å²) < 4.78 is 23.1. The largest absolute Gasteiger partial charge is 0.508 e. The van der Waals surface area contributed by atoms with Gasteiger partial charge >= 0.3 is 0 Å². The predicted octanol–water partition coefficient (Wildman–Crippen LogP) is 4.21. The number of piperidine rings is 1. The van der Waals surface area contributed by atoms with Gasteiger partial charge in [0, 0.05) is 18.5 Å². The van der Waals surface area contributed by atoms with Crippen molar-refractivity contribution < 1.29 is 19.3 Å². The number of aromatic nitrogens is 4. The van der Waals surface area contributed by atoms with Gasteiger partial charge in [0.25, 0.3) is 0 Å². The van der Waals surface area contributed by atoms with Crippen LogP contribution in [-0.4, -0.2) is 78.6 Å². The Balaban J connectivity index is 1.32. The van der Waals surface area contributed by atoms with Crippen molar-refractivity contribution in [3.05, 3.63) is 47.5 Å². The molecule has 5 heterocycles. The highest BCUT2D eigenvalue weighted by Crippen LogP contribution is 2.40. The van der Waals surface area contributed by atoms with Crippen molar-refractivity contribution in [2.24, 2.45) is 0 Å². The van der Waals surface area contributed by atoms with Gasteiger partial charge < -0.3 is 24.4 Å². The third kappa shape index (κ3) is 4.61. The second kappa shape index (κ2) is 10.1. The number of β-amino-alcohol motifs (C(OH)–C–C–N with tert-alkyl or cyclic N) is 1. The average Bonchev–Trinajstić information content (AvgIpc) is 3.66. The molecule has 1 atom stereocenters. The Morgan fingerprint density at radius 1 is 1.10 bits per heavy atom. The Morgan fingerprint density at radius 2 is 1.88 bits per heavy atom. The topological polar surface area (TPSA) is 99.8 Å². The number of benzene rings is 2. The van der Waals surface area contributed by atoms with Gasteiger partial charge in [0.2, 0.25) is 11.8 Å². The fourth-order valence-electron chi connectivity index (χ4n) is 7.28. The molecule has 218 valence electrons. The minimum atomic E-state index is -0.846. The van der Waals surface area contributed by atoms with E-state index in [0.29, 0.717) is 58.9 Å². The number of phenols is 1. The molecule has 7 rings (SSSR count). The molecule has 3 aliphatic heterocycles. The molecule has 0 aliphatic carbocycles. The van der Waals surface area contributed by atoms with E-state index >= 15 is 0 Å². The van der Waals surface area contributed by atoms with Gasteiger partial charge in [0.1, 0.15) is 18.2 Å². The van der Waals surface area contributed by atoms with Crippen LogP contribution in [-0.2, 0) is 6.54 Å². The first-order chi connectivity index (χ1) is 20.2. The number of terminal acetylenes is 1. The van der Waals surface area contributed by atoms with Crippen LogP contribution in [0.25, 0.3) is 21.9 Å². The maximum Gasteiger partial charge on any atom is 0.247 e. The van der Waals surface area contributed by atoms with E-state index in [0.717, 1.165) is 38.9 Å². The Kier molecular flexibility index (Phi) is 6.48. The number of hydrogen-bond donors (Lipinski definition) is 2. The number of nitrogens with zero attached hydrogens (tertiary/aromatic N) is 6. The molecule has 2 aromatic heterocycles. The molecule has 0 unspecified atom stereocenters. The molecule has 0 radical (unpaired) electrons. The summed E-state index contributed by atoms with van der Waals surface area (Å²) in [6.45, 7) is 5.94. The second-order valence-corrected chi connectivity index (χ2v) is 12.4. The van der Waals surface area contributed by atoms with Crippen LogP contribution in [0.4, 0.5) is 10.3 Å². The first-order valence-corrected chi connectivity index (χ1v) is 14.7. The van der Waals surface area contributed by atoms with E-state index in [1.807, 2.05) is 16.4 Å². The molecule has 9 nitrogen and oxygen atoms in total. The molecule has 2 aromatic carbocycles. The molecular weight excluding hydrogens is 535 g/mol. The number of fused-ring (bicyclic) bond motifs is 3. The Hall–Kier alpha value is -3.94. The Morgan fingerprint density at radius 3 is 2.64 bits per heavy atom. The number of hydrogen-bond acceptors (Lipinski definition) is 8. The maximum atomic E-state index is 14.7. The Bertz CT molecular complexity index is 1720. The van der Waals surface area contributed by atoms with Crippen LogP contribution >= 0.6 is 0 Å². The number of imidazole rings is 1. The summed E-state index contributed by atoms with van der Waals surface area (Å²) >= 11 is 0. The van der Waals surface area contributed by atoms with Gasteiger partial charge in [-0.3, -0.25) is 4.90 Å². The standard InChI is InChI=1S/C32H35FN6O3/c1-3-24-25(33)8-7-21-15-23(40)16-22(26(21)24)17-38-20-34-27-28(38)35-30(37-12-4-9-31(2,41)18-37)36-29(27)42-19-32-10-5-13-39(32)14-6-11-32/h1,7-8,15-16,20,40-41H,4-6,9-14,17-19H2,2H3/t31-/m0/s1. The van der Waals surface area contributed by atoms with Crippen LogP contribution in [0.5, 0.6) is 11.6 Å². The number of anilines is 1. The van der Waals surface area contributed by atoms with Crippen LogP contribution in [0.2, 0.25) is 0 Å². The van der Waals surface area contributed by atoms with Gasteiger partial charge in [-0.1, -0.05) is 12.0 Å². The van der Waals surface area contributed by atoms with Crippen molar-refractivity contribution in [3.8, 4) is 24.0 Å². The molecule has 2 N–H and O–H groups in total. The smallest absolute Gasteiger partial charge is 0.247 e. The monoisotopic (exact) mass is 570 g/mol. The van der Waals surface area contributed by atoms with Crippen LogP contribution in [0, 0.1) is 18.2 Å². The first kappa shape index (κ1) is 26.9. The minimum absolute atomic E-state index is 0.0327. The Labute approximate surface area is 244 Å². The summed E-state index contributed by atoms with van der Waals surface area (Å²) in [5.41, 5.74) is 1.08. The van der Waals surface area contributed by atoms with Crippen molar-refractivity contribution >= 4 is 27.9 Å². The van der Waals surface area contributed by atoms with E-state index in [-0.39, 0.29) is 23.4 Å². The van der Waals surface area contributed by atoms with Crippen LogP contribution < -0.4 is 9.64 Å². The highest BCUT2D eigenvalue weighted by Gasteiger charge is 2.45. The summed E-state index contributed by atoms with van der Waals surface area (Å²) in [4.78, 5) is 19.0. The van der Waals surface area contributed by atoms with Crippen molar-refractivity contribution in [2.75, 3.05) is 37.7 Å². The molecule has 10 heteroatoms. The molecule has 0 spiro atoms. The number of ether oxygens (including phenoxy) is 1. The number of halogens is 1. The summed E-state index contributed by atoms with van der Waals surface area (Å²) in [5, 5.41) is 22.5. The molecule has 3 saturated heterocycles. The summed E-state index contributed by atoms with van der Waals surface area (Å²) in [6, 6.07) is 6.11. The van der Waals surface area contributed by atoms with E-state index in [1.165, 1.54) is 18.9 Å². The van der Waals surface area contributed by atoms with Crippen LogP contribution in [0.15, 0.2) is 30.6 Å². The zero-order valence-corrected chi connectivity index (χ0v) is 23.8. The molecule has 0 bridgehead atoms. The van der Waals surface area contributed by atoms with E-state index in [4.69, 9.17) is 21.1 Å². The molecule has 0 saturated carbocycles. The SMILES string of the molecule is C#Cc1c(F)ccc2cc(O)cc(Cn3cnc4c(OCC56CCCN5CCC6)nc(N5CCC[C@](C)(O)C5)nc43)c12. The highest BCUT2D eigenvalue weighted by molar-refractivity contribution is 5.92. The number of phenolic OH excluding ortho intramolecular Hbond substituents is 1. The minimum Gasteiger partial charge on any atom is -0.508 e. The van der Waals surface area contributed by atoms with Crippen molar-refractivity contribution in [2.45, 2.75) is 63.1 Å². The van der Waals surface area contributed by atoms with Crippen LogP contribution in [0.1, 0.15) is 56.6 Å². The second-order valence-electron chi connectivity index (χ2n) is 12.4. The predicted molar refractivity (Wildman–Crippen MR) is 158 cm³/mol. The van der Waals surface area contributed by atoms with Crippen LogP contribution in [0.3, 0.4) is 0 Å². The summed E-state index contributed by atoms with van der Waals surface area (Å²) in [7, 11) is 0. The van der Waals surface area contributed by atoms with E-state index < -0.39 is 11.4 Å². The molecule has 3 aliphatic rings. The lowest BCUT2D eigenvalue weighted by atomic mass is 9.95. The zero-order valence-electron chi connectivity index (χ0n) is 23.8. The molecule has 42 heavy (non-hydrogen) atoms. The van der Waals surface area contributed by atoms with Gasteiger partial charge in [-0.2, -0.15) is 9.97 Å². The van der Waals surface area contributed by atoms with E-state index in [1.54, 1.807) is 24.5 Å². The third-order valence-electron chi connectivity index (χ3n) is 9.28. The lowest BCUT2D eigenvalue weighted by Crippen LogP contribution is -2.47. The lowest BCUT2D eigenvalue weighted by molar-refractivity contribution is 0.0444. The molecule has 0 amide bonds. The van der Waals surface area contributed by atoms with Gasteiger partial charge in [-0.05, 0) is 87.7 Å². The van der Waals surface area contributed by atoms with Gasteiger partial charge in [-0.25, -0.2) is 9.37 Å². The molecule has 3 fully saturated rings. The fourth-order valence-corrected chi connectivity index (χ4v) is 7.28. The number of rotatable bonds is 6. The highest BCUT2D eigenvalue weighted by atomic mass is 19.1. The van der Waals surface area contributed by atoms with E-state index in [9.17, 15) is 14.6 Å². The number of aromatic hydroxyl groups is 1.